The van der Waals surface area contributed by atoms with E-state index in [1.165, 1.54) is 32.1 Å². The molecule has 3 atom stereocenters. The number of rotatable bonds is 4. The summed E-state index contributed by atoms with van der Waals surface area (Å²) in [6.45, 7) is 4.54. The largest absolute Gasteiger partial charge is 0.373 e. The van der Waals surface area contributed by atoms with Crippen LogP contribution in [0.25, 0.3) is 0 Å². The second-order valence-corrected chi connectivity index (χ2v) is 8.30. The Balaban J connectivity index is 0.00000196. The number of methoxy groups -OCH3 is 1. The Kier molecular flexibility index (Phi) is 5.61. The van der Waals surface area contributed by atoms with Crippen molar-refractivity contribution in [1.82, 2.24) is 9.88 Å². The van der Waals surface area contributed by atoms with Crippen LogP contribution in [0, 0.1) is 17.8 Å². The van der Waals surface area contributed by atoms with Gasteiger partial charge in [-0.2, -0.15) is 0 Å². The van der Waals surface area contributed by atoms with Gasteiger partial charge in [0.25, 0.3) is 5.91 Å². The van der Waals surface area contributed by atoms with E-state index in [1.54, 1.807) is 6.20 Å². The van der Waals surface area contributed by atoms with Gasteiger partial charge in [-0.1, -0.05) is 13.3 Å². The number of ether oxygens (including phenoxy) is 1. The van der Waals surface area contributed by atoms with Crippen LogP contribution in [0.3, 0.4) is 0 Å². The maximum absolute atomic E-state index is 11.6. The lowest BCUT2D eigenvalue weighted by Crippen LogP contribution is -2.62. The number of primary amides is 1. The van der Waals surface area contributed by atoms with Crippen LogP contribution in [0.2, 0.25) is 0 Å². The predicted octanol–water partition coefficient (Wildman–Crippen LogP) is 2.97. The van der Waals surface area contributed by atoms with Crippen LogP contribution in [0.5, 0.6) is 0 Å². The van der Waals surface area contributed by atoms with Crippen molar-refractivity contribution in [2.45, 2.75) is 50.7 Å². The average molecular weight is 380 g/mol. The lowest BCUT2D eigenvalue weighted by Gasteiger charge is -2.58. The molecule has 26 heavy (non-hydrogen) atoms. The second kappa shape index (κ2) is 7.45. The lowest BCUT2D eigenvalue weighted by atomic mass is 9.61. The quantitative estimate of drug-likeness (QED) is 0.873. The molecule has 1 aromatic rings. The van der Waals surface area contributed by atoms with Crippen molar-refractivity contribution < 1.29 is 9.53 Å². The number of halogens is 1. The highest BCUT2D eigenvalue weighted by Crippen LogP contribution is 2.52. The van der Waals surface area contributed by atoms with Crippen molar-refractivity contribution in [3.63, 3.8) is 0 Å². The van der Waals surface area contributed by atoms with Crippen LogP contribution < -0.4 is 5.73 Å². The molecule has 0 radical (unpaired) electrons. The third kappa shape index (κ3) is 3.04. The molecule has 2 heterocycles. The Morgan fingerprint density at radius 2 is 1.96 bits per heavy atom. The summed E-state index contributed by atoms with van der Waals surface area (Å²) in [5, 5.41) is 0. The molecular weight excluding hydrogens is 350 g/mol. The molecule has 3 aliphatic rings. The van der Waals surface area contributed by atoms with Gasteiger partial charge in [0.05, 0.1) is 0 Å². The van der Waals surface area contributed by atoms with Gasteiger partial charge in [-0.25, -0.2) is 0 Å². The molecule has 2 N–H and O–H groups in total. The van der Waals surface area contributed by atoms with Gasteiger partial charge < -0.3 is 10.5 Å². The Morgan fingerprint density at radius 3 is 2.50 bits per heavy atom. The van der Waals surface area contributed by atoms with Gasteiger partial charge in [0.1, 0.15) is 11.3 Å². The maximum Gasteiger partial charge on any atom is 0.267 e. The fourth-order valence-corrected chi connectivity index (χ4v) is 5.65. The summed E-state index contributed by atoms with van der Waals surface area (Å²) in [5.41, 5.74) is 6.57. The minimum Gasteiger partial charge on any atom is -0.373 e. The zero-order chi connectivity index (χ0) is 17.6. The van der Waals surface area contributed by atoms with Crippen molar-refractivity contribution in [3.8, 4) is 0 Å². The number of likely N-dealkylation sites (tertiary alicyclic amines) is 1. The molecule has 0 aromatic carbocycles. The molecule has 0 spiro atoms. The van der Waals surface area contributed by atoms with Gasteiger partial charge in [-0.3, -0.25) is 14.7 Å². The fourth-order valence-electron chi connectivity index (χ4n) is 5.65. The average Bonchev–Trinajstić information content (AvgIpc) is 2.57. The summed E-state index contributed by atoms with van der Waals surface area (Å²) >= 11 is 0. The molecule has 1 amide bonds. The van der Waals surface area contributed by atoms with Crippen molar-refractivity contribution >= 4 is 18.3 Å². The maximum atomic E-state index is 11.6. The van der Waals surface area contributed by atoms with Crippen molar-refractivity contribution in [2.75, 3.05) is 20.2 Å². The molecule has 2 aliphatic carbocycles. The molecule has 5 nitrogen and oxygen atoms in total. The summed E-state index contributed by atoms with van der Waals surface area (Å²) in [6.07, 6.45) is 7.99. The summed E-state index contributed by atoms with van der Waals surface area (Å²) in [6, 6.07) is 4.63. The van der Waals surface area contributed by atoms with Crippen LogP contribution in [0.1, 0.15) is 55.1 Å². The zero-order valence-electron chi connectivity index (χ0n) is 15.7. The van der Waals surface area contributed by atoms with Crippen LogP contribution in [-0.4, -0.2) is 42.0 Å². The van der Waals surface area contributed by atoms with Crippen molar-refractivity contribution in [1.29, 1.82) is 0 Å². The van der Waals surface area contributed by atoms with E-state index < -0.39 is 5.91 Å². The Bertz CT molecular complexity index is 648. The molecule has 6 heteroatoms. The summed E-state index contributed by atoms with van der Waals surface area (Å²) < 4.78 is 6.26. The molecule has 1 saturated heterocycles. The molecular formula is C20H30ClN3O2. The molecule has 4 rings (SSSR count). The number of amides is 1. The number of nitrogens with zero attached hydrogens (tertiary/aromatic N) is 2. The van der Waals surface area contributed by atoms with Crippen molar-refractivity contribution in [2.24, 2.45) is 23.5 Å². The van der Waals surface area contributed by atoms with Crippen molar-refractivity contribution in [3.05, 3.63) is 29.6 Å². The van der Waals surface area contributed by atoms with E-state index >= 15 is 0 Å². The highest BCUT2D eigenvalue weighted by atomic mass is 35.5. The number of pyridine rings is 1. The number of piperidine rings is 1. The van der Waals surface area contributed by atoms with Gasteiger partial charge in [-0.15, -0.1) is 12.4 Å². The molecule has 2 saturated carbocycles. The number of hydrogen-bond acceptors (Lipinski definition) is 4. The number of nitrogens with two attached hydrogens (primary N) is 1. The molecule has 1 aliphatic heterocycles. The minimum absolute atomic E-state index is 0. The topological polar surface area (TPSA) is 68.5 Å². The minimum atomic E-state index is -0.473. The molecule has 1 unspecified atom stereocenters. The number of carbonyl (C=O) groups is 1. The highest BCUT2D eigenvalue weighted by Gasteiger charge is 2.54. The first-order valence-corrected chi connectivity index (χ1v) is 9.60. The Labute approximate surface area is 162 Å². The van der Waals surface area contributed by atoms with Crippen LogP contribution >= 0.6 is 12.4 Å². The molecule has 2 bridgehead atoms. The Hall–Kier alpha value is -1.17. The van der Waals surface area contributed by atoms with E-state index in [0.717, 1.165) is 30.6 Å². The summed E-state index contributed by atoms with van der Waals surface area (Å²) in [4.78, 5) is 18.4. The van der Waals surface area contributed by atoms with Gasteiger partial charge >= 0.3 is 0 Å². The third-order valence-corrected chi connectivity index (χ3v) is 6.89. The highest BCUT2D eigenvalue weighted by molar-refractivity contribution is 5.90. The number of fused-ring (bicyclic) bond motifs is 2. The molecule has 3 fully saturated rings. The number of hydrogen-bond donors (Lipinski definition) is 1. The fraction of sp³-hybridized carbons (Fsp3) is 0.700. The van der Waals surface area contributed by atoms with Gasteiger partial charge in [-0.05, 0) is 49.3 Å². The van der Waals surface area contributed by atoms with Crippen LogP contribution in [0.15, 0.2) is 18.3 Å². The van der Waals surface area contributed by atoms with E-state index in [9.17, 15) is 4.79 Å². The van der Waals surface area contributed by atoms with E-state index in [1.807, 2.05) is 19.2 Å². The monoisotopic (exact) mass is 379 g/mol. The second-order valence-electron chi connectivity index (χ2n) is 8.30. The first-order chi connectivity index (χ1) is 12.0. The Morgan fingerprint density at radius 1 is 1.31 bits per heavy atom. The summed E-state index contributed by atoms with van der Waals surface area (Å²) in [5.74, 6) is 1.32. The lowest BCUT2D eigenvalue weighted by molar-refractivity contribution is -0.179. The van der Waals surface area contributed by atoms with Gasteiger partial charge in [0, 0.05) is 44.3 Å². The summed E-state index contributed by atoms with van der Waals surface area (Å²) in [7, 11) is 1.83. The van der Waals surface area contributed by atoms with E-state index in [-0.39, 0.29) is 18.0 Å². The first-order valence-electron chi connectivity index (χ1n) is 9.60. The molecule has 144 valence electrons. The van der Waals surface area contributed by atoms with E-state index in [0.29, 0.717) is 17.5 Å². The predicted molar refractivity (Wildman–Crippen MR) is 103 cm³/mol. The first kappa shape index (κ1) is 19.6. The SMILES string of the molecule is COC1(c2ccnc(C(N)=O)c2)[C@@H]2CCC[C@H]1CN(C1CC(C)C1)C2.Cl. The standard InChI is InChI=1S/C20H29N3O2.ClH/c1-13-8-17(9-13)23-11-15-4-3-5-16(12-23)20(15,25-2)14-6-7-22-18(10-14)19(21)24;/h6-7,10,13,15-17H,3-5,8-9,11-12H2,1-2H3,(H2,21,24);1H/t13?,15-,16+,17?,20?;. The normalized spacial score (nSPS) is 36.7. The number of carbonyl (C=O) groups excluding carboxylic acids is 1. The van der Waals surface area contributed by atoms with E-state index in [4.69, 9.17) is 10.5 Å². The smallest absolute Gasteiger partial charge is 0.267 e. The van der Waals surface area contributed by atoms with E-state index in [2.05, 4.69) is 16.8 Å². The van der Waals surface area contributed by atoms with Gasteiger partial charge in [0.2, 0.25) is 0 Å². The molecule has 1 aromatic heterocycles. The van der Waals surface area contributed by atoms with Gasteiger partial charge in [0.15, 0.2) is 0 Å². The third-order valence-electron chi connectivity index (χ3n) is 6.89. The zero-order valence-corrected chi connectivity index (χ0v) is 16.5. The van der Waals surface area contributed by atoms with Crippen LogP contribution in [-0.2, 0) is 10.3 Å². The van der Waals surface area contributed by atoms with Crippen LogP contribution in [0.4, 0.5) is 0 Å². The number of aromatic nitrogens is 1.